The molecule has 2 aromatic rings. The Morgan fingerprint density at radius 2 is 1.50 bits per heavy atom. The summed E-state index contributed by atoms with van der Waals surface area (Å²) in [5.41, 5.74) is 0.264. The number of halogens is 5. The molecule has 0 aliphatic heterocycles. The number of hydrogen-bond acceptors (Lipinski definition) is 4. The Morgan fingerprint density at radius 3 is 2.00 bits per heavy atom. The number of ether oxygens (including phenoxy) is 1. The topological polar surface area (TPSA) is 80.7 Å². The maximum absolute atomic E-state index is 12.4. The van der Waals surface area contributed by atoms with Crippen LogP contribution in [-0.4, -0.2) is 18.9 Å². The highest BCUT2D eigenvalue weighted by atomic mass is 79.9. The van der Waals surface area contributed by atoms with E-state index in [0.717, 1.165) is 10.5 Å². The summed E-state index contributed by atoms with van der Waals surface area (Å²) < 4.78 is 39.0. The molecule has 0 unspecified atom stereocenters. The molecule has 1 N–H and O–H groups in total. The van der Waals surface area contributed by atoms with Gasteiger partial charge in [-0.25, -0.2) is 4.79 Å². The molecule has 11 heteroatoms. The molecule has 0 spiro atoms. The smallest absolute Gasteiger partial charge is 0.345 e. The van der Waals surface area contributed by atoms with Gasteiger partial charge in [-0.1, -0.05) is 15.9 Å². The van der Waals surface area contributed by atoms with Gasteiger partial charge in [0.1, 0.15) is 10.6 Å². The van der Waals surface area contributed by atoms with Crippen molar-refractivity contribution < 1.29 is 22.5 Å². The molecular weight excluding hydrogens is 668 g/mol. The van der Waals surface area contributed by atoms with E-state index >= 15 is 0 Å². The summed E-state index contributed by atoms with van der Waals surface area (Å²) in [7, 11) is -4.41. The Kier molecular flexibility index (Phi) is 6.71. The van der Waals surface area contributed by atoms with Gasteiger partial charge in [0.25, 0.3) is 10.1 Å². The molecule has 0 atom stereocenters. The average molecular weight is 673 g/mol. The van der Waals surface area contributed by atoms with Crippen LogP contribution in [0.25, 0.3) is 0 Å². The highest BCUT2D eigenvalue weighted by molar-refractivity contribution is 9.13. The van der Waals surface area contributed by atoms with Gasteiger partial charge in [-0.05, 0) is 88.0 Å². The van der Waals surface area contributed by atoms with E-state index in [4.69, 9.17) is 9.29 Å². The minimum atomic E-state index is -4.41. The van der Waals surface area contributed by atoms with E-state index < -0.39 is 16.1 Å². The Morgan fingerprint density at radius 1 is 0.958 bits per heavy atom. The van der Waals surface area contributed by atoms with Gasteiger partial charge < -0.3 is 4.74 Å². The fraction of sp³-hybridized carbons (Fsp3) is 0. The number of hydrogen-bond donors (Lipinski definition) is 1. The first-order chi connectivity index (χ1) is 11.0. The summed E-state index contributed by atoms with van der Waals surface area (Å²) in [6.07, 6.45) is 0. The Hall–Kier alpha value is 0.220. The highest BCUT2D eigenvalue weighted by Crippen LogP contribution is 2.38. The van der Waals surface area contributed by atoms with Crippen LogP contribution in [0.4, 0.5) is 0 Å². The molecule has 0 amide bonds. The van der Waals surface area contributed by atoms with Gasteiger partial charge in [-0.15, -0.1) is 0 Å². The lowest BCUT2D eigenvalue weighted by Crippen LogP contribution is -2.11. The second-order valence-electron chi connectivity index (χ2n) is 4.30. The van der Waals surface area contributed by atoms with Crippen molar-refractivity contribution in [2.24, 2.45) is 0 Å². The van der Waals surface area contributed by atoms with Crippen LogP contribution in [0, 0.1) is 0 Å². The molecule has 2 rings (SSSR count). The van der Waals surface area contributed by atoms with Crippen LogP contribution in [0.15, 0.2) is 51.5 Å². The van der Waals surface area contributed by atoms with E-state index in [2.05, 4.69) is 79.6 Å². The molecule has 0 aliphatic carbocycles. The van der Waals surface area contributed by atoms with E-state index in [1.165, 1.54) is 6.07 Å². The molecule has 0 radical (unpaired) electrons. The quantitative estimate of drug-likeness (QED) is 0.247. The molecular formula is C13H5Br5O5S. The van der Waals surface area contributed by atoms with Crippen molar-refractivity contribution in [1.82, 2.24) is 0 Å². The van der Waals surface area contributed by atoms with Crippen molar-refractivity contribution in [2.45, 2.75) is 4.90 Å². The largest absolute Gasteiger partial charge is 0.422 e. The first kappa shape index (κ1) is 20.5. The summed E-state index contributed by atoms with van der Waals surface area (Å²) in [6, 6.07) is 5.76. The first-order valence-electron chi connectivity index (χ1n) is 5.84. The van der Waals surface area contributed by atoms with Crippen LogP contribution in [-0.2, 0) is 10.1 Å². The maximum Gasteiger partial charge on any atom is 0.345 e. The second-order valence-corrected chi connectivity index (χ2v) is 9.90. The minimum Gasteiger partial charge on any atom is -0.422 e. The van der Waals surface area contributed by atoms with Crippen LogP contribution in [0.5, 0.6) is 5.75 Å². The summed E-state index contributed by atoms with van der Waals surface area (Å²) in [4.78, 5) is 12.1. The van der Waals surface area contributed by atoms with Gasteiger partial charge in [-0.3, -0.25) is 4.55 Å². The Bertz CT molecular complexity index is 919. The lowest BCUT2D eigenvalue weighted by molar-refractivity contribution is 0.0731. The summed E-state index contributed by atoms with van der Waals surface area (Å²) in [5, 5.41) is 0. The van der Waals surface area contributed by atoms with Crippen LogP contribution >= 0.6 is 79.6 Å². The van der Waals surface area contributed by atoms with Crippen molar-refractivity contribution in [1.29, 1.82) is 0 Å². The molecule has 0 saturated carbocycles. The molecule has 128 valence electrons. The van der Waals surface area contributed by atoms with Gasteiger partial charge in [-0.2, -0.15) is 8.42 Å². The van der Waals surface area contributed by atoms with Gasteiger partial charge in [0, 0.05) is 13.4 Å². The van der Waals surface area contributed by atoms with Crippen LogP contribution in [0.2, 0.25) is 0 Å². The normalized spacial score (nSPS) is 11.4. The molecule has 0 aromatic heterocycles. The monoisotopic (exact) mass is 668 g/mol. The van der Waals surface area contributed by atoms with Gasteiger partial charge in [0.15, 0.2) is 0 Å². The van der Waals surface area contributed by atoms with E-state index in [0.29, 0.717) is 8.95 Å². The molecule has 0 heterocycles. The molecule has 0 aliphatic rings. The molecule has 0 bridgehead atoms. The third-order valence-electron chi connectivity index (χ3n) is 2.70. The number of benzene rings is 2. The van der Waals surface area contributed by atoms with Gasteiger partial charge in [0.05, 0.1) is 14.5 Å². The van der Waals surface area contributed by atoms with Crippen LogP contribution < -0.4 is 4.74 Å². The Balaban J connectivity index is 2.43. The predicted octanol–water partition coefficient (Wildman–Crippen LogP) is 5.97. The van der Waals surface area contributed by atoms with Gasteiger partial charge >= 0.3 is 5.97 Å². The van der Waals surface area contributed by atoms with Crippen molar-refractivity contribution in [3.8, 4) is 5.75 Å². The number of carbonyl (C=O) groups is 1. The zero-order valence-corrected chi connectivity index (χ0v) is 19.9. The number of carbonyl (C=O) groups excluding carboxylic acids is 1. The van der Waals surface area contributed by atoms with Crippen molar-refractivity contribution >= 4 is 95.7 Å². The third kappa shape index (κ3) is 4.49. The standard InChI is InChI=1S/C13H5Br5O5S/c14-5-3-6(15)10(7(16)4-5)13(19)23-8-1-2-9(24(20,21)22)12(18)11(8)17/h1-4H,(H,20,21,22). The molecule has 5 nitrogen and oxygen atoms in total. The van der Waals surface area contributed by atoms with Crippen LogP contribution in [0.1, 0.15) is 10.4 Å². The SMILES string of the molecule is O=C(Oc1ccc(S(=O)(=O)O)c(Br)c1Br)c1c(Br)cc(Br)cc1Br. The highest BCUT2D eigenvalue weighted by Gasteiger charge is 2.22. The fourth-order valence-electron chi connectivity index (χ4n) is 1.68. The zero-order valence-electron chi connectivity index (χ0n) is 11.2. The van der Waals surface area contributed by atoms with E-state index in [1.54, 1.807) is 12.1 Å². The summed E-state index contributed by atoms with van der Waals surface area (Å²) >= 11 is 16.1. The van der Waals surface area contributed by atoms with Crippen molar-refractivity contribution in [2.75, 3.05) is 0 Å². The second kappa shape index (κ2) is 7.85. The lowest BCUT2D eigenvalue weighted by atomic mass is 10.2. The van der Waals surface area contributed by atoms with E-state index in [-0.39, 0.29) is 25.2 Å². The molecule has 0 fully saturated rings. The first-order valence-corrected chi connectivity index (χ1v) is 11.2. The molecule has 0 saturated heterocycles. The molecule has 24 heavy (non-hydrogen) atoms. The third-order valence-corrected chi connectivity index (χ3v) is 7.71. The van der Waals surface area contributed by atoms with E-state index in [1.807, 2.05) is 0 Å². The maximum atomic E-state index is 12.4. The van der Waals surface area contributed by atoms with Crippen molar-refractivity contribution in [3.05, 3.63) is 52.2 Å². The lowest BCUT2D eigenvalue weighted by Gasteiger charge is -2.12. The van der Waals surface area contributed by atoms with Crippen LogP contribution in [0.3, 0.4) is 0 Å². The number of esters is 1. The fourth-order valence-corrected chi connectivity index (χ4v) is 6.33. The minimum absolute atomic E-state index is 0.0456. The molecule has 2 aromatic carbocycles. The zero-order chi connectivity index (χ0) is 18.2. The predicted molar refractivity (Wildman–Crippen MR) is 106 cm³/mol. The van der Waals surface area contributed by atoms with E-state index in [9.17, 15) is 13.2 Å². The summed E-state index contributed by atoms with van der Waals surface area (Å²) in [6.45, 7) is 0. The van der Waals surface area contributed by atoms with Gasteiger partial charge in [0.2, 0.25) is 0 Å². The average Bonchev–Trinajstić information content (AvgIpc) is 2.41. The number of rotatable bonds is 3. The Labute approximate surface area is 179 Å². The van der Waals surface area contributed by atoms with Crippen molar-refractivity contribution in [3.63, 3.8) is 0 Å². The summed E-state index contributed by atoms with van der Waals surface area (Å²) in [5.74, 6) is -0.575.